The van der Waals surface area contributed by atoms with Gasteiger partial charge in [-0.25, -0.2) is 0 Å². The summed E-state index contributed by atoms with van der Waals surface area (Å²) in [5.41, 5.74) is 5.78. The van der Waals surface area contributed by atoms with E-state index in [1.807, 2.05) is 60.7 Å². The van der Waals surface area contributed by atoms with Crippen molar-refractivity contribution in [3.63, 3.8) is 0 Å². The molecular formula is C37H40N2O6. The van der Waals surface area contributed by atoms with Crippen molar-refractivity contribution in [2.24, 2.45) is 0 Å². The van der Waals surface area contributed by atoms with Gasteiger partial charge >= 0.3 is 5.97 Å². The number of ether oxygens (including phenoxy) is 2. The van der Waals surface area contributed by atoms with Crippen LogP contribution in [-0.2, 0) is 38.8 Å². The van der Waals surface area contributed by atoms with Crippen LogP contribution in [0.25, 0.3) is 0 Å². The van der Waals surface area contributed by atoms with Gasteiger partial charge in [0, 0.05) is 50.1 Å². The molecule has 5 rings (SSSR count). The number of carbonyl (C=O) groups is 2. The molecule has 1 amide bonds. The number of aliphatic hydroxyl groups excluding tert-OH is 1. The zero-order valence-electron chi connectivity index (χ0n) is 25.3. The zero-order chi connectivity index (χ0) is 31.4. The number of hydrogen-bond acceptors (Lipinski definition) is 6. The summed E-state index contributed by atoms with van der Waals surface area (Å²) in [5.74, 6) is -1.14. The van der Waals surface area contributed by atoms with E-state index in [4.69, 9.17) is 14.6 Å². The minimum Gasteiger partial charge on any atom is -0.481 e. The first-order valence-electron chi connectivity index (χ1n) is 15.4. The monoisotopic (exact) mass is 608 g/mol. The van der Waals surface area contributed by atoms with Crippen molar-refractivity contribution in [2.75, 3.05) is 11.9 Å². The smallest absolute Gasteiger partial charge is 0.303 e. The molecule has 0 aromatic heterocycles. The highest BCUT2D eigenvalue weighted by Gasteiger charge is 2.33. The third kappa shape index (κ3) is 9.83. The number of nitrogens with one attached hydrogen (secondary N) is 1. The first-order chi connectivity index (χ1) is 21.9. The Labute approximate surface area is 264 Å². The number of anilines is 1. The second kappa shape index (κ2) is 16.1. The van der Waals surface area contributed by atoms with E-state index >= 15 is 0 Å². The molecule has 0 spiro atoms. The molecule has 8 heteroatoms. The van der Waals surface area contributed by atoms with E-state index in [0.717, 1.165) is 29.8 Å². The number of carbonyl (C=O) groups excluding carboxylic acids is 1. The topological polar surface area (TPSA) is 108 Å². The average molecular weight is 609 g/mol. The van der Waals surface area contributed by atoms with Crippen molar-refractivity contribution in [1.29, 1.82) is 0 Å². The molecule has 0 unspecified atom stereocenters. The van der Waals surface area contributed by atoms with E-state index < -0.39 is 12.3 Å². The molecule has 4 aromatic carbocycles. The molecule has 0 radical (unpaired) electrons. The molecule has 4 aromatic rings. The highest BCUT2D eigenvalue weighted by atomic mass is 16.7. The van der Waals surface area contributed by atoms with Crippen LogP contribution >= 0.6 is 0 Å². The van der Waals surface area contributed by atoms with Crippen molar-refractivity contribution in [3.05, 3.63) is 137 Å². The van der Waals surface area contributed by atoms with E-state index in [0.29, 0.717) is 18.7 Å². The van der Waals surface area contributed by atoms with Crippen LogP contribution in [0.4, 0.5) is 5.69 Å². The summed E-state index contributed by atoms with van der Waals surface area (Å²) in [7, 11) is 0. The minimum absolute atomic E-state index is 0.0173. The van der Waals surface area contributed by atoms with Crippen molar-refractivity contribution in [1.82, 2.24) is 4.90 Å². The molecule has 0 saturated carbocycles. The number of rotatable bonds is 14. The fourth-order valence-corrected chi connectivity index (χ4v) is 5.54. The highest BCUT2D eigenvalue weighted by Crippen LogP contribution is 2.38. The molecule has 234 valence electrons. The number of carboxylic acid groups (broad SMARTS) is 1. The first-order valence-corrected chi connectivity index (χ1v) is 15.4. The Morgan fingerprint density at radius 3 is 1.91 bits per heavy atom. The molecular weight excluding hydrogens is 568 g/mol. The lowest BCUT2D eigenvalue weighted by Crippen LogP contribution is -2.39. The van der Waals surface area contributed by atoms with Crippen LogP contribution in [0.1, 0.15) is 65.9 Å². The van der Waals surface area contributed by atoms with E-state index in [9.17, 15) is 14.7 Å². The fourth-order valence-electron chi connectivity index (χ4n) is 5.54. The Bertz CT molecular complexity index is 1450. The lowest BCUT2D eigenvalue weighted by atomic mass is 9.99. The van der Waals surface area contributed by atoms with E-state index in [1.54, 1.807) is 0 Å². The lowest BCUT2D eigenvalue weighted by molar-refractivity contribution is -0.253. The predicted molar refractivity (Wildman–Crippen MR) is 172 cm³/mol. The van der Waals surface area contributed by atoms with Crippen LogP contribution in [-0.4, -0.2) is 39.6 Å². The van der Waals surface area contributed by atoms with Crippen molar-refractivity contribution < 1.29 is 29.3 Å². The standard InChI is InChI=1S/C37H40N2O6/c40-26-29-14-16-30(17-15-29)34-22-33(25-39(23-27-8-3-1-4-9-27)24-28-10-5-2-6-11-28)44-37(45-34)31-18-20-32(21-19-31)38-35(41)12-7-13-36(42)43/h1-6,8-11,14-21,33-34,37,40H,7,12-13,22-26H2,(H,38,41)(H,42,43)/t33-,34+,37+/m1/s1. The molecule has 1 heterocycles. The predicted octanol–water partition coefficient (Wildman–Crippen LogP) is 6.62. The van der Waals surface area contributed by atoms with Gasteiger partial charge in [0.2, 0.25) is 5.91 Å². The van der Waals surface area contributed by atoms with Crippen LogP contribution in [0, 0.1) is 0 Å². The van der Waals surface area contributed by atoms with Gasteiger partial charge in [0.1, 0.15) is 0 Å². The van der Waals surface area contributed by atoms with Gasteiger partial charge in [0.25, 0.3) is 0 Å². The Hall–Kier alpha value is -4.34. The Balaban J connectivity index is 1.33. The maximum Gasteiger partial charge on any atom is 0.303 e. The molecule has 0 bridgehead atoms. The molecule has 3 N–H and O–H groups in total. The summed E-state index contributed by atoms with van der Waals surface area (Å²) in [6, 6.07) is 36.1. The number of benzene rings is 4. The number of aliphatic carboxylic acids is 1. The summed E-state index contributed by atoms with van der Waals surface area (Å²) >= 11 is 0. The third-order valence-corrected chi connectivity index (χ3v) is 7.84. The number of amides is 1. The maximum atomic E-state index is 12.3. The van der Waals surface area contributed by atoms with Crippen molar-refractivity contribution in [2.45, 2.75) is 63.9 Å². The lowest BCUT2D eigenvalue weighted by Gasteiger charge is -2.38. The Morgan fingerprint density at radius 2 is 1.33 bits per heavy atom. The van der Waals surface area contributed by atoms with Crippen LogP contribution in [0.3, 0.4) is 0 Å². The van der Waals surface area contributed by atoms with Gasteiger partial charge in [0.15, 0.2) is 6.29 Å². The molecule has 1 fully saturated rings. The Kier molecular flexibility index (Phi) is 11.5. The second-order valence-electron chi connectivity index (χ2n) is 11.4. The largest absolute Gasteiger partial charge is 0.481 e. The summed E-state index contributed by atoms with van der Waals surface area (Å²) in [6.45, 7) is 2.23. The third-order valence-electron chi connectivity index (χ3n) is 7.84. The summed E-state index contributed by atoms with van der Waals surface area (Å²) in [6.07, 6.45) is 0.0848. The van der Waals surface area contributed by atoms with Gasteiger partial charge in [-0.3, -0.25) is 14.5 Å². The molecule has 3 atom stereocenters. The molecule has 8 nitrogen and oxygen atoms in total. The Morgan fingerprint density at radius 1 is 0.733 bits per heavy atom. The normalized spacial score (nSPS) is 18.0. The van der Waals surface area contributed by atoms with Gasteiger partial charge < -0.3 is 25.0 Å². The molecule has 1 saturated heterocycles. The number of nitrogens with zero attached hydrogens (tertiary/aromatic N) is 1. The van der Waals surface area contributed by atoms with Gasteiger partial charge in [0.05, 0.1) is 18.8 Å². The quantitative estimate of drug-likeness (QED) is 0.148. The molecule has 45 heavy (non-hydrogen) atoms. The molecule has 0 aliphatic carbocycles. The van der Waals surface area contributed by atoms with Gasteiger partial charge in [-0.1, -0.05) is 97.1 Å². The minimum atomic E-state index is -0.913. The number of hydrogen-bond donors (Lipinski definition) is 3. The fraction of sp³-hybridized carbons (Fsp3) is 0.297. The van der Waals surface area contributed by atoms with E-state index in [1.165, 1.54) is 11.1 Å². The van der Waals surface area contributed by atoms with Crippen LogP contribution in [0.15, 0.2) is 109 Å². The van der Waals surface area contributed by atoms with Crippen LogP contribution in [0.2, 0.25) is 0 Å². The van der Waals surface area contributed by atoms with Crippen LogP contribution < -0.4 is 5.32 Å². The summed E-state index contributed by atoms with van der Waals surface area (Å²) < 4.78 is 13.2. The van der Waals surface area contributed by atoms with Crippen LogP contribution in [0.5, 0.6) is 0 Å². The molecule has 1 aliphatic rings. The number of aliphatic hydroxyl groups is 1. The highest BCUT2D eigenvalue weighted by molar-refractivity contribution is 5.90. The zero-order valence-corrected chi connectivity index (χ0v) is 25.3. The average Bonchev–Trinajstić information content (AvgIpc) is 3.06. The SMILES string of the molecule is O=C(O)CCCC(=O)Nc1ccc([C@H]2O[C@@H](CN(Cc3ccccc3)Cc3ccccc3)C[C@@H](c3ccc(CO)cc3)O2)cc1. The first kappa shape index (κ1) is 32.1. The van der Waals surface area contributed by atoms with E-state index in [2.05, 4.69) is 58.7 Å². The molecule has 1 aliphatic heterocycles. The van der Waals surface area contributed by atoms with Crippen molar-refractivity contribution >= 4 is 17.6 Å². The number of carboxylic acids is 1. The van der Waals surface area contributed by atoms with Crippen molar-refractivity contribution in [3.8, 4) is 0 Å². The summed E-state index contributed by atoms with van der Waals surface area (Å²) in [4.78, 5) is 25.4. The second-order valence-corrected chi connectivity index (χ2v) is 11.4. The van der Waals surface area contributed by atoms with E-state index in [-0.39, 0.29) is 44.0 Å². The maximum absolute atomic E-state index is 12.3. The summed E-state index contributed by atoms with van der Waals surface area (Å²) in [5, 5.41) is 21.2. The van der Waals surface area contributed by atoms with Gasteiger partial charge in [-0.05, 0) is 40.8 Å². The van der Waals surface area contributed by atoms with Gasteiger partial charge in [-0.15, -0.1) is 0 Å². The van der Waals surface area contributed by atoms with Gasteiger partial charge in [-0.2, -0.15) is 0 Å².